The zero-order valence-electron chi connectivity index (χ0n) is 12.1. The average Bonchev–Trinajstić information content (AvgIpc) is 3.16. The molecule has 0 spiro atoms. The molecular formula is C15H21N5O. The van der Waals surface area contributed by atoms with Crippen LogP contribution in [0.2, 0.25) is 0 Å². The number of nitrogen functional groups attached to an aromatic ring is 1. The standard InChI is InChI=1S/C15H21N5O/c16-15-18-11(10-3-1-2-4-10)7-14(19-15)20-8-12-13(9-20)21-6-5-17-12/h7,9-10,12,17H,1-6,8H2,(H2,16,18,19). The summed E-state index contributed by atoms with van der Waals surface area (Å²) in [5, 5.41) is 3.46. The molecular weight excluding hydrogens is 266 g/mol. The lowest BCUT2D eigenvalue weighted by Crippen LogP contribution is -2.41. The Hall–Kier alpha value is -1.82. The van der Waals surface area contributed by atoms with Crippen LogP contribution in [0.15, 0.2) is 18.0 Å². The van der Waals surface area contributed by atoms with Gasteiger partial charge in [0.2, 0.25) is 5.95 Å². The molecule has 1 aromatic rings. The Morgan fingerprint density at radius 3 is 2.95 bits per heavy atom. The topological polar surface area (TPSA) is 76.3 Å². The van der Waals surface area contributed by atoms with Gasteiger partial charge in [0.1, 0.15) is 18.2 Å². The predicted octanol–water partition coefficient (Wildman–Crippen LogP) is 1.37. The van der Waals surface area contributed by atoms with Crippen molar-refractivity contribution in [1.82, 2.24) is 15.3 Å². The van der Waals surface area contributed by atoms with E-state index in [2.05, 4.69) is 26.3 Å². The Labute approximate surface area is 124 Å². The zero-order chi connectivity index (χ0) is 14.2. The molecule has 0 bridgehead atoms. The average molecular weight is 287 g/mol. The molecule has 2 fully saturated rings. The minimum Gasteiger partial charge on any atom is -0.493 e. The van der Waals surface area contributed by atoms with Crippen LogP contribution in [0, 0.1) is 0 Å². The molecule has 1 saturated heterocycles. The molecule has 1 atom stereocenters. The van der Waals surface area contributed by atoms with Crippen LogP contribution in [0.3, 0.4) is 0 Å². The molecule has 2 aliphatic heterocycles. The van der Waals surface area contributed by atoms with E-state index in [9.17, 15) is 0 Å². The third kappa shape index (κ3) is 2.44. The SMILES string of the molecule is Nc1nc(C2CCCC2)cc(N2C=C3OCCNC3C2)n1. The van der Waals surface area contributed by atoms with Gasteiger partial charge in [-0.1, -0.05) is 12.8 Å². The van der Waals surface area contributed by atoms with Crippen LogP contribution in [-0.4, -0.2) is 35.7 Å². The van der Waals surface area contributed by atoms with Crippen LogP contribution in [0.1, 0.15) is 37.3 Å². The number of nitrogens with zero attached hydrogens (tertiary/aromatic N) is 3. The first-order chi connectivity index (χ1) is 10.3. The van der Waals surface area contributed by atoms with Crippen molar-refractivity contribution in [2.24, 2.45) is 0 Å². The first kappa shape index (κ1) is 12.9. The van der Waals surface area contributed by atoms with Crippen molar-refractivity contribution in [3.8, 4) is 0 Å². The van der Waals surface area contributed by atoms with E-state index in [1.807, 2.05) is 6.20 Å². The van der Waals surface area contributed by atoms with Gasteiger partial charge in [0.15, 0.2) is 0 Å². The van der Waals surface area contributed by atoms with Gasteiger partial charge in [0.25, 0.3) is 0 Å². The number of nitrogens with two attached hydrogens (primary N) is 1. The summed E-state index contributed by atoms with van der Waals surface area (Å²) in [4.78, 5) is 11.0. The van der Waals surface area contributed by atoms with E-state index in [1.54, 1.807) is 0 Å². The smallest absolute Gasteiger partial charge is 0.222 e. The Morgan fingerprint density at radius 1 is 1.29 bits per heavy atom. The summed E-state index contributed by atoms with van der Waals surface area (Å²) in [7, 11) is 0. The van der Waals surface area contributed by atoms with Crippen molar-refractivity contribution in [1.29, 1.82) is 0 Å². The number of fused-ring (bicyclic) bond motifs is 1. The van der Waals surface area contributed by atoms with Gasteiger partial charge in [-0.2, -0.15) is 4.98 Å². The van der Waals surface area contributed by atoms with Crippen LogP contribution in [-0.2, 0) is 4.74 Å². The number of rotatable bonds is 2. The lowest BCUT2D eigenvalue weighted by Gasteiger charge is -2.23. The molecule has 1 saturated carbocycles. The van der Waals surface area contributed by atoms with Gasteiger partial charge in [-0.25, -0.2) is 4.98 Å². The summed E-state index contributed by atoms with van der Waals surface area (Å²) in [6.45, 7) is 2.47. The fourth-order valence-corrected chi connectivity index (χ4v) is 3.50. The Balaban J connectivity index is 1.61. The van der Waals surface area contributed by atoms with Gasteiger partial charge < -0.3 is 20.7 Å². The number of ether oxygens (including phenoxy) is 1. The van der Waals surface area contributed by atoms with Crippen molar-refractivity contribution in [3.63, 3.8) is 0 Å². The summed E-state index contributed by atoms with van der Waals surface area (Å²) in [5.74, 6) is 2.80. The molecule has 1 unspecified atom stereocenters. The molecule has 3 N–H and O–H groups in total. The van der Waals surface area contributed by atoms with Crippen molar-refractivity contribution >= 4 is 11.8 Å². The maximum absolute atomic E-state index is 5.92. The van der Waals surface area contributed by atoms with Gasteiger partial charge in [0, 0.05) is 31.3 Å². The van der Waals surface area contributed by atoms with E-state index in [1.165, 1.54) is 25.7 Å². The minimum atomic E-state index is 0.268. The van der Waals surface area contributed by atoms with Gasteiger partial charge in [0.05, 0.1) is 11.7 Å². The number of morpholine rings is 1. The number of aromatic nitrogens is 2. The molecule has 6 heteroatoms. The molecule has 1 aliphatic carbocycles. The van der Waals surface area contributed by atoms with Gasteiger partial charge in [-0.15, -0.1) is 0 Å². The minimum absolute atomic E-state index is 0.268. The van der Waals surface area contributed by atoms with Gasteiger partial charge >= 0.3 is 0 Å². The number of hydrogen-bond donors (Lipinski definition) is 2. The summed E-state index contributed by atoms with van der Waals surface area (Å²) >= 11 is 0. The van der Waals surface area contributed by atoms with Crippen molar-refractivity contribution in [2.75, 3.05) is 30.3 Å². The van der Waals surface area contributed by atoms with Crippen LogP contribution in [0.5, 0.6) is 0 Å². The quantitative estimate of drug-likeness (QED) is 0.855. The van der Waals surface area contributed by atoms with Crippen molar-refractivity contribution in [2.45, 2.75) is 37.6 Å². The van der Waals surface area contributed by atoms with E-state index in [0.29, 0.717) is 11.9 Å². The van der Waals surface area contributed by atoms with Crippen LogP contribution in [0.4, 0.5) is 11.8 Å². The van der Waals surface area contributed by atoms with E-state index in [4.69, 9.17) is 10.5 Å². The molecule has 0 aromatic carbocycles. The first-order valence-electron chi connectivity index (χ1n) is 7.78. The maximum Gasteiger partial charge on any atom is 0.222 e. The van der Waals surface area contributed by atoms with E-state index in [0.717, 1.165) is 37.0 Å². The van der Waals surface area contributed by atoms with E-state index < -0.39 is 0 Å². The fraction of sp³-hybridized carbons (Fsp3) is 0.600. The Bertz CT molecular complexity index is 567. The highest BCUT2D eigenvalue weighted by Crippen LogP contribution is 2.35. The second kappa shape index (κ2) is 5.18. The number of nitrogens with one attached hydrogen (secondary N) is 1. The molecule has 3 aliphatic rings. The van der Waals surface area contributed by atoms with Crippen molar-refractivity contribution < 1.29 is 4.74 Å². The summed E-state index contributed by atoms with van der Waals surface area (Å²) in [6.07, 6.45) is 7.04. The highest BCUT2D eigenvalue weighted by Gasteiger charge is 2.30. The third-order valence-electron chi connectivity index (χ3n) is 4.58. The molecule has 3 heterocycles. The second-order valence-corrected chi connectivity index (χ2v) is 6.03. The van der Waals surface area contributed by atoms with Crippen LogP contribution < -0.4 is 16.0 Å². The molecule has 0 amide bonds. The Kier molecular flexibility index (Phi) is 3.18. The highest BCUT2D eigenvalue weighted by molar-refractivity contribution is 5.50. The normalized spacial score (nSPS) is 25.6. The van der Waals surface area contributed by atoms with E-state index >= 15 is 0 Å². The maximum atomic E-state index is 5.92. The largest absolute Gasteiger partial charge is 0.493 e. The molecule has 1 aromatic heterocycles. The zero-order valence-corrected chi connectivity index (χ0v) is 12.1. The van der Waals surface area contributed by atoms with Gasteiger partial charge in [-0.3, -0.25) is 0 Å². The predicted molar refractivity (Wildman–Crippen MR) is 80.8 cm³/mol. The first-order valence-corrected chi connectivity index (χ1v) is 7.78. The lowest BCUT2D eigenvalue weighted by atomic mass is 10.0. The number of anilines is 2. The molecule has 21 heavy (non-hydrogen) atoms. The molecule has 112 valence electrons. The number of hydrogen-bond acceptors (Lipinski definition) is 6. The second-order valence-electron chi connectivity index (χ2n) is 6.03. The van der Waals surface area contributed by atoms with Crippen molar-refractivity contribution in [3.05, 3.63) is 23.7 Å². The van der Waals surface area contributed by atoms with E-state index in [-0.39, 0.29) is 6.04 Å². The van der Waals surface area contributed by atoms with Crippen LogP contribution in [0.25, 0.3) is 0 Å². The third-order valence-corrected chi connectivity index (χ3v) is 4.58. The molecule has 6 nitrogen and oxygen atoms in total. The summed E-state index contributed by atoms with van der Waals surface area (Å²) < 4.78 is 5.70. The summed E-state index contributed by atoms with van der Waals surface area (Å²) in [6, 6.07) is 2.37. The fourth-order valence-electron chi connectivity index (χ4n) is 3.50. The monoisotopic (exact) mass is 287 g/mol. The summed E-state index contributed by atoms with van der Waals surface area (Å²) in [5.41, 5.74) is 7.02. The highest BCUT2D eigenvalue weighted by atomic mass is 16.5. The Morgan fingerprint density at radius 2 is 2.14 bits per heavy atom. The van der Waals surface area contributed by atoms with Crippen LogP contribution >= 0.6 is 0 Å². The molecule has 0 radical (unpaired) electrons. The lowest BCUT2D eigenvalue weighted by molar-refractivity contribution is 0.157. The molecule has 4 rings (SSSR count). The van der Waals surface area contributed by atoms with Gasteiger partial charge in [-0.05, 0) is 12.8 Å².